The first kappa shape index (κ1) is 12.8. The second-order valence-electron chi connectivity index (χ2n) is 4.63. The summed E-state index contributed by atoms with van der Waals surface area (Å²) in [5.74, 6) is 2.01. The molecule has 2 aromatic rings. The van der Waals surface area contributed by atoms with E-state index < -0.39 is 0 Å². The van der Waals surface area contributed by atoms with Crippen molar-refractivity contribution in [3.8, 4) is 0 Å². The summed E-state index contributed by atoms with van der Waals surface area (Å²) in [5.41, 5.74) is 2.33. The van der Waals surface area contributed by atoms with E-state index in [1.165, 1.54) is 5.56 Å². The minimum absolute atomic E-state index is 0.237. The molecule has 0 spiro atoms. The van der Waals surface area contributed by atoms with Crippen molar-refractivity contribution in [3.05, 3.63) is 53.2 Å². The van der Waals surface area contributed by atoms with Crippen LogP contribution in [0.2, 0.25) is 0 Å². The van der Waals surface area contributed by atoms with E-state index in [1.807, 2.05) is 31.3 Å². The van der Waals surface area contributed by atoms with Gasteiger partial charge in [0.2, 0.25) is 0 Å². The zero-order valence-corrected chi connectivity index (χ0v) is 11.2. The van der Waals surface area contributed by atoms with E-state index in [0.29, 0.717) is 0 Å². The number of rotatable bonds is 5. The van der Waals surface area contributed by atoms with Gasteiger partial charge in [0.05, 0.1) is 6.04 Å². The van der Waals surface area contributed by atoms with Gasteiger partial charge in [-0.25, -0.2) is 0 Å². The lowest BCUT2D eigenvalue weighted by Gasteiger charge is -2.10. The van der Waals surface area contributed by atoms with E-state index >= 15 is 0 Å². The molecule has 0 saturated heterocycles. The van der Waals surface area contributed by atoms with Gasteiger partial charge >= 0.3 is 0 Å². The lowest BCUT2D eigenvalue weighted by molar-refractivity contribution is 0.417. The molecule has 1 atom stereocenters. The Morgan fingerprint density at radius 1 is 1.33 bits per heavy atom. The van der Waals surface area contributed by atoms with Crippen LogP contribution in [0.4, 0.5) is 0 Å². The third kappa shape index (κ3) is 3.20. The fourth-order valence-corrected chi connectivity index (χ4v) is 1.88. The second kappa shape index (κ2) is 5.83. The Hall–Kier alpha value is -1.61. The van der Waals surface area contributed by atoms with E-state index in [2.05, 4.69) is 30.2 Å². The van der Waals surface area contributed by atoms with Crippen molar-refractivity contribution in [2.24, 2.45) is 0 Å². The first-order chi connectivity index (χ1) is 8.66. The molecular weight excluding hydrogens is 224 g/mol. The van der Waals surface area contributed by atoms with Crippen molar-refractivity contribution in [2.45, 2.75) is 33.2 Å². The van der Waals surface area contributed by atoms with Crippen LogP contribution in [0.3, 0.4) is 0 Å². The Bertz CT molecular complexity index is 471. The number of furan rings is 1. The SMILES string of the molecule is Cc1cc([C@H](C)NCCc2ccccn2)oc1C. The van der Waals surface area contributed by atoms with Crippen molar-refractivity contribution in [3.63, 3.8) is 0 Å². The Kier molecular flexibility index (Phi) is 4.15. The van der Waals surface area contributed by atoms with Gasteiger partial charge in [-0.05, 0) is 44.5 Å². The van der Waals surface area contributed by atoms with Gasteiger partial charge in [0.25, 0.3) is 0 Å². The molecule has 0 aliphatic rings. The van der Waals surface area contributed by atoms with Gasteiger partial charge in [-0.1, -0.05) is 6.07 Å². The molecule has 18 heavy (non-hydrogen) atoms. The molecule has 0 aliphatic carbocycles. The van der Waals surface area contributed by atoms with Crippen LogP contribution in [0.5, 0.6) is 0 Å². The topological polar surface area (TPSA) is 38.1 Å². The number of hydrogen-bond acceptors (Lipinski definition) is 3. The summed E-state index contributed by atoms with van der Waals surface area (Å²) < 4.78 is 5.70. The molecule has 0 unspecified atom stereocenters. The van der Waals surface area contributed by atoms with Gasteiger partial charge < -0.3 is 9.73 Å². The highest BCUT2D eigenvalue weighted by Crippen LogP contribution is 2.19. The number of aryl methyl sites for hydroxylation is 2. The fourth-order valence-electron chi connectivity index (χ4n) is 1.88. The minimum Gasteiger partial charge on any atom is -0.464 e. The fraction of sp³-hybridized carbons (Fsp3) is 0.400. The van der Waals surface area contributed by atoms with E-state index in [0.717, 1.165) is 30.2 Å². The molecule has 0 radical (unpaired) electrons. The monoisotopic (exact) mass is 244 g/mol. The van der Waals surface area contributed by atoms with Crippen LogP contribution in [0.15, 0.2) is 34.9 Å². The first-order valence-corrected chi connectivity index (χ1v) is 6.37. The summed E-state index contributed by atoms with van der Waals surface area (Å²) in [6.45, 7) is 7.09. The van der Waals surface area contributed by atoms with E-state index in [1.54, 1.807) is 0 Å². The Labute approximate surface area is 108 Å². The van der Waals surface area contributed by atoms with Crippen molar-refractivity contribution >= 4 is 0 Å². The summed E-state index contributed by atoms with van der Waals surface area (Å²) in [6.07, 6.45) is 2.77. The lowest BCUT2D eigenvalue weighted by atomic mass is 10.2. The Balaban J connectivity index is 1.83. The summed E-state index contributed by atoms with van der Waals surface area (Å²) in [5, 5.41) is 3.45. The lowest BCUT2D eigenvalue weighted by Crippen LogP contribution is -2.21. The summed E-state index contributed by atoms with van der Waals surface area (Å²) in [7, 11) is 0. The third-order valence-electron chi connectivity index (χ3n) is 3.17. The average molecular weight is 244 g/mol. The molecule has 0 aliphatic heterocycles. The maximum Gasteiger partial charge on any atom is 0.121 e. The molecule has 2 rings (SSSR count). The number of pyridine rings is 1. The van der Waals surface area contributed by atoms with Crippen molar-refractivity contribution in [1.82, 2.24) is 10.3 Å². The van der Waals surface area contributed by atoms with Crippen LogP contribution in [0.25, 0.3) is 0 Å². The van der Waals surface area contributed by atoms with Gasteiger partial charge in [-0.3, -0.25) is 4.98 Å². The molecule has 1 N–H and O–H groups in total. The van der Waals surface area contributed by atoms with E-state index in [-0.39, 0.29) is 6.04 Å². The minimum atomic E-state index is 0.237. The molecule has 0 amide bonds. The normalized spacial score (nSPS) is 12.6. The molecule has 0 saturated carbocycles. The second-order valence-corrected chi connectivity index (χ2v) is 4.63. The van der Waals surface area contributed by atoms with Crippen LogP contribution >= 0.6 is 0 Å². The van der Waals surface area contributed by atoms with Gasteiger partial charge in [0.1, 0.15) is 11.5 Å². The molecule has 3 nitrogen and oxygen atoms in total. The Morgan fingerprint density at radius 3 is 2.78 bits per heavy atom. The van der Waals surface area contributed by atoms with Crippen LogP contribution in [0.1, 0.15) is 35.7 Å². The summed E-state index contributed by atoms with van der Waals surface area (Å²) in [4.78, 5) is 4.30. The maximum absolute atomic E-state index is 5.70. The number of aromatic nitrogens is 1. The van der Waals surface area contributed by atoms with Gasteiger partial charge in [0.15, 0.2) is 0 Å². The predicted octanol–water partition coefficient (Wildman–Crippen LogP) is 3.18. The average Bonchev–Trinajstić information content (AvgIpc) is 2.71. The van der Waals surface area contributed by atoms with Crippen molar-refractivity contribution in [2.75, 3.05) is 6.54 Å². The highest BCUT2D eigenvalue weighted by molar-refractivity contribution is 5.20. The Morgan fingerprint density at radius 2 is 2.17 bits per heavy atom. The highest BCUT2D eigenvalue weighted by atomic mass is 16.3. The maximum atomic E-state index is 5.70. The van der Waals surface area contributed by atoms with Crippen LogP contribution < -0.4 is 5.32 Å². The molecule has 0 bridgehead atoms. The van der Waals surface area contributed by atoms with Crippen LogP contribution in [-0.4, -0.2) is 11.5 Å². The molecule has 0 fully saturated rings. The zero-order chi connectivity index (χ0) is 13.0. The number of nitrogens with one attached hydrogen (secondary N) is 1. The molecule has 3 heteroatoms. The molecule has 0 aromatic carbocycles. The van der Waals surface area contributed by atoms with E-state index in [9.17, 15) is 0 Å². The van der Waals surface area contributed by atoms with Crippen LogP contribution in [-0.2, 0) is 6.42 Å². The number of hydrogen-bond donors (Lipinski definition) is 1. The first-order valence-electron chi connectivity index (χ1n) is 6.37. The van der Waals surface area contributed by atoms with E-state index in [4.69, 9.17) is 4.42 Å². The molecule has 2 aromatic heterocycles. The van der Waals surface area contributed by atoms with Gasteiger partial charge in [0, 0.05) is 24.9 Å². The zero-order valence-electron chi connectivity index (χ0n) is 11.2. The smallest absolute Gasteiger partial charge is 0.121 e. The molecule has 2 heterocycles. The molecule has 96 valence electrons. The van der Waals surface area contributed by atoms with Crippen molar-refractivity contribution < 1.29 is 4.42 Å². The van der Waals surface area contributed by atoms with Gasteiger partial charge in [-0.2, -0.15) is 0 Å². The van der Waals surface area contributed by atoms with Crippen LogP contribution in [0, 0.1) is 13.8 Å². The summed E-state index contributed by atoms with van der Waals surface area (Å²) >= 11 is 0. The predicted molar refractivity (Wildman–Crippen MR) is 72.5 cm³/mol. The number of nitrogens with zero attached hydrogens (tertiary/aromatic N) is 1. The highest BCUT2D eigenvalue weighted by Gasteiger charge is 2.10. The third-order valence-corrected chi connectivity index (χ3v) is 3.17. The van der Waals surface area contributed by atoms with Gasteiger partial charge in [-0.15, -0.1) is 0 Å². The van der Waals surface area contributed by atoms with Crippen molar-refractivity contribution in [1.29, 1.82) is 0 Å². The standard InChI is InChI=1S/C15H20N2O/c1-11-10-15(18-13(11)3)12(2)16-9-7-14-6-4-5-8-17-14/h4-6,8,10,12,16H,7,9H2,1-3H3/t12-/m0/s1. The summed E-state index contributed by atoms with van der Waals surface area (Å²) in [6, 6.07) is 8.35. The molecular formula is C15H20N2O. The quantitative estimate of drug-likeness (QED) is 0.877. The largest absolute Gasteiger partial charge is 0.464 e.